The Morgan fingerprint density at radius 2 is 1.74 bits per heavy atom. The first-order valence-corrected chi connectivity index (χ1v) is 12.0. The fraction of sp³-hybridized carbons (Fsp3) is 0.348. The lowest BCUT2D eigenvalue weighted by atomic mass is 9.98. The molecular formula is C23H23NO9S. The minimum absolute atomic E-state index is 0.0476. The van der Waals surface area contributed by atoms with E-state index in [-0.39, 0.29) is 49.0 Å². The maximum atomic E-state index is 13.1. The molecule has 1 fully saturated rings. The summed E-state index contributed by atoms with van der Waals surface area (Å²) in [7, 11) is -2.78. The molecule has 0 atom stereocenters. The summed E-state index contributed by atoms with van der Waals surface area (Å²) in [5.74, 6) is -1.21. The number of carbonyl (C=O) groups is 3. The average molecular weight is 490 g/mol. The Kier molecular flexibility index (Phi) is 6.85. The molecule has 2 heterocycles. The Morgan fingerprint density at radius 3 is 2.47 bits per heavy atom. The highest BCUT2D eigenvalue weighted by Gasteiger charge is 2.35. The van der Waals surface area contributed by atoms with E-state index < -0.39 is 34.5 Å². The van der Waals surface area contributed by atoms with Crippen molar-refractivity contribution >= 4 is 27.7 Å². The number of carbonyl (C=O) groups excluding carboxylic acids is 3. The van der Waals surface area contributed by atoms with E-state index in [9.17, 15) is 22.8 Å². The van der Waals surface area contributed by atoms with Crippen LogP contribution in [0.25, 0.3) is 0 Å². The van der Waals surface area contributed by atoms with Crippen LogP contribution in [0.5, 0.6) is 11.5 Å². The third-order valence-corrected chi connectivity index (χ3v) is 7.69. The Bertz CT molecular complexity index is 1220. The summed E-state index contributed by atoms with van der Waals surface area (Å²) in [5, 5.41) is 0. The highest BCUT2D eigenvalue weighted by Crippen LogP contribution is 2.32. The summed E-state index contributed by atoms with van der Waals surface area (Å²) in [6.07, 6.45) is 0.466. The Labute approximate surface area is 196 Å². The molecule has 34 heavy (non-hydrogen) atoms. The first-order chi connectivity index (χ1) is 16.3. The molecule has 4 rings (SSSR count). The van der Waals surface area contributed by atoms with Crippen molar-refractivity contribution in [3.8, 4) is 11.5 Å². The van der Waals surface area contributed by atoms with Crippen LogP contribution in [-0.4, -0.2) is 64.0 Å². The summed E-state index contributed by atoms with van der Waals surface area (Å²) >= 11 is 0. The zero-order valence-electron chi connectivity index (χ0n) is 18.4. The zero-order chi connectivity index (χ0) is 24.3. The van der Waals surface area contributed by atoms with Crippen molar-refractivity contribution in [3.05, 3.63) is 53.6 Å². The van der Waals surface area contributed by atoms with E-state index in [0.29, 0.717) is 17.1 Å². The van der Waals surface area contributed by atoms with Gasteiger partial charge in [-0.25, -0.2) is 13.2 Å². The van der Waals surface area contributed by atoms with Crippen LogP contribution in [-0.2, 0) is 24.3 Å². The highest BCUT2D eigenvalue weighted by atomic mass is 32.2. The van der Waals surface area contributed by atoms with E-state index in [4.69, 9.17) is 14.2 Å². The van der Waals surface area contributed by atoms with Gasteiger partial charge in [-0.15, -0.1) is 0 Å². The van der Waals surface area contributed by atoms with Gasteiger partial charge in [-0.2, -0.15) is 4.31 Å². The van der Waals surface area contributed by atoms with E-state index in [1.807, 2.05) is 0 Å². The summed E-state index contributed by atoms with van der Waals surface area (Å²) < 4.78 is 47.8. The summed E-state index contributed by atoms with van der Waals surface area (Å²) in [4.78, 5) is 36.7. The van der Waals surface area contributed by atoms with E-state index in [1.54, 1.807) is 18.2 Å². The number of sulfonamides is 1. The van der Waals surface area contributed by atoms with Crippen molar-refractivity contribution in [1.29, 1.82) is 0 Å². The molecular weight excluding hydrogens is 466 g/mol. The van der Waals surface area contributed by atoms with Crippen LogP contribution in [0.1, 0.15) is 33.6 Å². The summed E-state index contributed by atoms with van der Waals surface area (Å²) in [6, 6.07) is 10.5. The highest BCUT2D eigenvalue weighted by molar-refractivity contribution is 7.89. The van der Waals surface area contributed by atoms with Crippen LogP contribution < -0.4 is 9.47 Å². The molecule has 11 heteroatoms. The van der Waals surface area contributed by atoms with Gasteiger partial charge in [0.1, 0.15) is 0 Å². The van der Waals surface area contributed by atoms with Gasteiger partial charge in [0.15, 0.2) is 23.9 Å². The van der Waals surface area contributed by atoms with Crippen LogP contribution >= 0.6 is 0 Å². The molecule has 180 valence electrons. The number of esters is 2. The topological polar surface area (TPSA) is 126 Å². The second kappa shape index (κ2) is 9.82. The monoisotopic (exact) mass is 489 g/mol. The van der Waals surface area contributed by atoms with Crippen molar-refractivity contribution in [2.45, 2.75) is 17.7 Å². The number of hydrogen-bond donors (Lipinski definition) is 0. The Balaban J connectivity index is 1.33. The molecule has 10 nitrogen and oxygen atoms in total. The molecule has 0 amide bonds. The molecule has 2 aliphatic rings. The zero-order valence-corrected chi connectivity index (χ0v) is 19.2. The third kappa shape index (κ3) is 4.75. The molecule has 0 unspecified atom stereocenters. The van der Waals surface area contributed by atoms with Crippen molar-refractivity contribution in [3.63, 3.8) is 0 Å². The van der Waals surface area contributed by atoms with Crippen LogP contribution in [0.2, 0.25) is 0 Å². The first-order valence-electron chi connectivity index (χ1n) is 10.6. The average Bonchev–Trinajstić information content (AvgIpc) is 3.34. The minimum atomic E-state index is -3.96. The number of Topliss-reactive ketones (excluding diaryl/α,β-unsaturated/α-hetero) is 1. The van der Waals surface area contributed by atoms with Gasteiger partial charge in [0.2, 0.25) is 16.8 Å². The number of benzene rings is 2. The van der Waals surface area contributed by atoms with Gasteiger partial charge >= 0.3 is 11.9 Å². The van der Waals surface area contributed by atoms with Crippen LogP contribution in [0.4, 0.5) is 0 Å². The molecule has 0 bridgehead atoms. The fourth-order valence-corrected chi connectivity index (χ4v) is 5.50. The van der Waals surface area contributed by atoms with Crippen LogP contribution in [0.3, 0.4) is 0 Å². The van der Waals surface area contributed by atoms with Crippen molar-refractivity contribution in [2.24, 2.45) is 5.92 Å². The van der Waals surface area contributed by atoms with Crippen molar-refractivity contribution < 1.29 is 41.7 Å². The van der Waals surface area contributed by atoms with Crippen LogP contribution in [0.15, 0.2) is 47.4 Å². The predicted octanol–water partition coefficient (Wildman–Crippen LogP) is 2.03. The molecule has 1 saturated heterocycles. The second-order valence-corrected chi connectivity index (χ2v) is 9.67. The molecule has 0 aliphatic carbocycles. The van der Waals surface area contributed by atoms with Gasteiger partial charge in [0.25, 0.3) is 0 Å². The number of nitrogens with zero attached hydrogens (tertiary/aromatic N) is 1. The number of ketones is 1. The van der Waals surface area contributed by atoms with Gasteiger partial charge < -0.3 is 18.9 Å². The third-order valence-electron chi connectivity index (χ3n) is 5.74. The van der Waals surface area contributed by atoms with Crippen LogP contribution in [0, 0.1) is 5.92 Å². The lowest BCUT2D eigenvalue weighted by Gasteiger charge is -2.30. The maximum Gasteiger partial charge on any atom is 0.339 e. The molecule has 0 aromatic heterocycles. The smallest absolute Gasteiger partial charge is 0.339 e. The molecule has 2 aromatic rings. The predicted molar refractivity (Wildman–Crippen MR) is 117 cm³/mol. The van der Waals surface area contributed by atoms with Gasteiger partial charge in [-0.3, -0.25) is 9.59 Å². The number of ether oxygens (including phenoxy) is 4. The number of rotatable bonds is 7. The van der Waals surface area contributed by atoms with E-state index in [1.165, 1.54) is 35.7 Å². The number of methoxy groups -OCH3 is 1. The summed E-state index contributed by atoms with van der Waals surface area (Å²) in [5.41, 5.74) is 0.288. The second-order valence-electron chi connectivity index (χ2n) is 7.77. The minimum Gasteiger partial charge on any atom is -0.465 e. The number of hydrogen-bond acceptors (Lipinski definition) is 9. The number of fused-ring (bicyclic) bond motifs is 1. The molecule has 0 N–H and O–H groups in total. The molecule has 2 aliphatic heterocycles. The quantitative estimate of drug-likeness (QED) is 0.424. The van der Waals surface area contributed by atoms with E-state index >= 15 is 0 Å². The van der Waals surface area contributed by atoms with E-state index in [0.717, 1.165) is 0 Å². The van der Waals surface area contributed by atoms with Crippen molar-refractivity contribution in [1.82, 2.24) is 4.31 Å². The van der Waals surface area contributed by atoms with Gasteiger partial charge in [0.05, 0.1) is 23.5 Å². The van der Waals surface area contributed by atoms with Gasteiger partial charge in [-0.1, -0.05) is 12.1 Å². The maximum absolute atomic E-state index is 13.1. The lowest BCUT2D eigenvalue weighted by molar-refractivity contribution is -0.148. The Morgan fingerprint density at radius 1 is 1.03 bits per heavy atom. The molecule has 0 spiro atoms. The molecule has 0 radical (unpaired) electrons. The van der Waals surface area contributed by atoms with Gasteiger partial charge in [0, 0.05) is 18.7 Å². The molecule has 0 saturated carbocycles. The first kappa shape index (κ1) is 23.7. The Hall–Kier alpha value is -3.44. The molecule has 2 aromatic carbocycles. The number of piperidine rings is 1. The largest absolute Gasteiger partial charge is 0.465 e. The van der Waals surface area contributed by atoms with Gasteiger partial charge in [-0.05, 0) is 43.2 Å². The normalized spacial score (nSPS) is 16.1. The lowest BCUT2D eigenvalue weighted by Crippen LogP contribution is -2.41. The SMILES string of the molecule is COC(=O)c1ccccc1S(=O)(=O)N1CCC(C(=O)OCC(=O)c2ccc3c(c2)OCO3)CC1. The van der Waals surface area contributed by atoms with E-state index in [2.05, 4.69) is 4.74 Å². The van der Waals surface area contributed by atoms with Crippen molar-refractivity contribution in [2.75, 3.05) is 33.6 Å². The summed E-state index contributed by atoms with van der Waals surface area (Å²) in [6.45, 7) is -0.185. The standard InChI is InChI=1S/C23H23NO9S/c1-30-23(27)17-4-2-3-5-21(17)34(28,29)24-10-8-15(9-11-24)22(26)31-13-18(25)16-6-7-19-20(12-16)33-14-32-19/h2-7,12,15H,8-11,13-14H2,1H3. The fourth-order valence-electron chi connectivity index (χ4n) is 3.85.